The average molecular weight is 330 g/mol. The van der Waals surface area contributed by atoms with E-state index in [0.29, 0.717) is 0 Å². The van der Waals surface area contributed by atoms with Crippen LogP contribution in [0.3, 0.4) is 0 Å². The van der Waals surface area contributed by atoms with Crippen LogP contribution in [0, 0.1) is 13.8 Å². The molecule has 0 amide bonds. The number of hydrogen-bond donors (Lipinski definition) is 0. The first-order chi connectivity index (χ1) is 9.38. The third-order valence-corrected chi connectivity index (χ3v) is 1.67. The van der Waals surface area contributed by atoms with Crippen molar-refractivity contribution in [3.8, 4) is 0 Å². The summed E-state index contributed by atoms with van der Waals surface area (Å²) in [7, 11) is 0. The van der Waals surface area contributed by atoms with E-state index in [1.54, 1.807) is 41.5 Å². The van der Waals surface area contributed by atoms with E-state index in [1.165, 1.54) is 15.0 Å². The zero-order chi connectivity index (χ0) is 17.6. The van der Waals surface area contributed by atoms with Crippen LogP contribution in [-0.4, -0.2) is 18.3 Å². The Morgan fingerprint density at radius 3 is 1.00 bits per heavy atom. The summed E-state index contributed by atoms with van der Waals surface area (Å²) < 4.78 is 1.35. The first kappa shape index (κ1) is 25.8. The van der Waals surface area contributed by atoms with Gasteiger partial charge in [-0.1, -0.05) is 41.5 Å². The molecule has 0 saturated heterocycles. The number of hydrogen-bond acceptors (Lipinski definition) is 3. The van der Waals surface area contributed by atoms with Crippen LogP contribution in [0.4, 0.5) is 0 Å². The maximum atomic E-state index is 9.53. The van der Waals surface area contributed by atoms with Gasteiger partial charge in [0.25, 0.3) is 0 Å². The summed E-state index contributed by atoms with van der Waals surface area (Å²) in [4.78, 5) is 0. The monoisotopic (exact) mass is 330 g/mol. The van der Waals surface area contributed by atoms with Crippen molar-refractivity contribution >= 4 is 3.87 Å². The van der Waals surface area contributed by atoms with Crippen molar-refractivity contribution in [3.63, 3.8) is 0 Å². The van der Waals surface area contributed by atoms with Crippen LogP contribution in [0.5, 0.6) is 0 Å². The molecule has 0 unspecified atom stereocenters. The van der Waals surface area contributed by atoms with Crippen LogP contribution >= 0.6 is 0 Å². The van der Waals surface area contributed by atoms with Crippen LogP contribution in [0.25, 0.3) is 0 Å². The van der Waals surface area contributed by atoms with Crippen LogP contribution in [0.1, 0.15) is 52.7 Å². The summed E-state index contributed by atoms with van der Waals surface area (Å²) in [5, 5.41) is 28.6. The van der Waals surface area contributed by atoms with E-state index in [2.05, 4.69) is 52.5 Å². The normalized spacial score (nSPS) is 9.33. The standard InChI is InChI=1S/C8H9.3C3H7O.Ti/c1-7-4-3-5-8(2)6-7;3*1-3(2)4;/h4-6H,1-2H3;3*3H,1-2H3;/q;3*-1;+3. The molecule has 0 bridgehead atoms. The molecule has 0 radical (unpaired) electrons. The summed E-state index contributed by atoms with van der Waals surface area (Å²) in [6.45, 7) is 13.9. The molecule has 0 fully saturated rings. The zero-order valence-corrected chi connectivity index (χ0v) is 16.3. The van der Waals surface area contributed by atoms with Crippen molar-refractivity contribution < 1.29 is 35.8 Å². The van der Waals surface area contributed by atoms with Crippen LogP contribution in [-0.2, 0) is 20.4 Å². The molecule has 0 aliphatic carbocycles. The second-order valence-corrected chi connectivity index (χ2v) is 6.42. The van der Waals surface area contributed by atoms with Gasteiger partial charge in [0.1, 0.15) is 0 Å². The molecule has 0 aliphatic heterocycles. The Morgan fingerprint density at radius 1 is 0.667 bits per heavy atom. The summed E-state index contributed by atoms with van der Waals surface area (Å²) in [5.74, 6) is 0. The van der Waals surface area contributed by atoms with Gasteiger partial charge in [-0.15, -0.1) is 18.3 Å². The van der Waals surface area contributed by atoms with E-state index in [0.717, 1.165) is 0 Å². The number of benzene rings is 1. The zero-order valence-electron chi connectivity index (χ0n) is 14.7. The van der Waals surface area contributed by atoms with Crippen molar-refractivity contribution in [2.45, 2.75) is 73.7 Å². The molecule has 0 spiro atoms. The van der Waals surface area contributed by atoms with Crippen molar-refractivity contribution in [1.29, 1.82) is 0 Å². The Morgan fingerprint density at radius 2 is 0.857 bits per heavy atom. The Kier molecular flexibility index (Phi) is 19.9. The molecule has 0 heterocycles. The van der Waals surface area contributed by atoms with E-state index in [-0.39, 0.29) is 0 Å². The average Bonchev–Trinajstić information content (AvgIpc) is 2.10. The first-order valence-electron chi connectivity index (χ1n) is 7.15. The van der Waals surface area contributed by atoms with Crippen molar-refractivity contribution in [2.24, 2.45) is 0 Å². The maximum absolute atomic E-state index is 9.53. The molecular weight excluding hydrogens is 300 g/mol. The second-order valence-electron chi connectivity index (χ2n) is 5.52. The van der Waals surface area contributed by atoms with Crippen molar-refractivity contribution in [2.75, 3.05) is 0 Å². The summed E-state index contributed by atoms with van der Waals surface area (Å²) in [6.07, 6.45) is -1.25. The fraction of sp³-hybridized carbons (Fsp3) is 0.647. The fourth-order valence-corrected chi connectivity index (χ4v) is 1.69. The van der Waals surface area contributed by atoms with Crippen LogP contribution < -0.4 is 19.2 Å². The van der Waals surface area contributed by atoms with Gasteiger partial charge in [-0.3, -0.25) is 0 Å². The summed E-state index contributed by atoms with van der Waals surface area (Å²) >= 11 is 2.12. The van der Waals surface area contributed by atoms with Gasteiger partial charge in [0.2, 0.25) is 0 Å². The Bertz CT molecular complexity index is 264. The molecule has 1 rings (SSSR count). The molecular formula is C17H30O3Ti. The van der Waals surface area contributed by atoms with E-state index < -0.39 is 18.3 Å². The molecule has 3 nitrogen and oxygen atoms in total. The van der Waals surface area contributed by atoms with Gasteiger partial charge >= 0.3 is 67.5 Å². The third kappa shape index (κ3) is 45.1. The molecule has 21 heavy (non-hydrogen) atoms. The molecule has 0 saturated carbocycles. The van der Waals surface area contributed by atoms with Gasteiger partial charge in [-0.2, -0.15) is 0 Å². The van der Waals surface area contributed by atoms with E-state index in [1.807, 2.05) is 0 Å². The third-order valence-electron chi connectivity index (χ3n) is 1.22. The number of rotatable bonds is 0. The fourth-order valence-electron chi connectivity index (χ4n) is 0.975. The molecule has 4 heteroatoms. The summed E-state index contributed by atoms with van der Waals surface area (Å²) in [5.41, 5.74) is 2.71. The van der Waals surface area contributed by atoms with E-state index in [9.17, 15) is 15.3 Å². The van der Waals surface area contributed by atoms with Crippen LogP contribution in [0.2, 0.25) is 0 Å². The molecule has 0 atom stereocenters. The summed E-state index contributed by atoms with van der Waals surface area (Å²) in [6, 6.07) is 6.56. The number of aryl methyl sites for hydroxylation is 2. The molecule has 0 aliphatic rings. The van der Waals surface area contributed by atoms with E-state index >= 15 is 0 Å². The predicted octanol–water partition coefficient (Wildman–Crippen LogP) is 0.741. The molecule has 1 aromatic carbocycles. The Balaban J connectivity index is -0.000000230. The minimum atomic E-state index is -0.417. The Hall–Kier alpha value is -0.186. The van der Waals surface area contributed by atoms with Gasteiger partial charge in [-0.25, -0.2) is 0 Å². The first-order valence-corrected chi connectivity index (χ1v) is 7.93. The van der Waals surface area contributed by atoms with Crippen molar-refractivity contribution in [3.05, 3.63) is 29.3 Å². The van der Waals surface area contributed by atoms with Gasteiger partial charge in [-0.05, 0) is 0 Å². The van der Waals surface area contributed by atoms with Gasteiger partial charge in [0.05, 0.1) is 0 Å². The van der Waals surface area contributed by atoms with Crippen LogP contribution in [0.15, 0.2) is 18.2 Å². The molecule has 120 valence electrons. The Labute approximate surface area is 142 Å². The SMILES string of the molecule is CC(C)[O-].CC(C)[O-].CC(C)[O-].Cc1cc(C)c[c]([Ti+3])c1. The topological polar surface area (TPSA) is 69.2 Å². The molecule has 0 aromatic heterocycles. The minimum absolute atomic E-state index is 0.417. The predicted molar refractivity (Wildman–Crippen MR) is 81.0 cm³/mol. The van der Waals surface area contributed by atoms with Gasteiger partial charge in [0.15, 0.2) is 0 Å². The quantitative estimate of drug-likeness (QED) is 0.659. The van der Waals surface area contributed by atoms with Gasteiger partial charge < -0.3 is 15.3 Å². The molecule has 0 N–H and O–H groups in total. The second kappa shape index (κ2) is 16.2. The molecule has 1 aromatic rings. The van der Waals surface area contributed by atoms with Crippen molar-refractivity contribution in [1.82, 2.24) is 0 Å². The van der Waals surface area contributed by atoms with Gasteiger partial charge in [0, 0.05) is 0 Å². The van der Waals surface area contributed by atoms with E-state index in [4.69, 9.17) is 0 Å².